The molecule has 0 saturated heterocycles. The van der Waals surface area contributed by atoms with Gasteiger partial charge >= 0.3 is 11.9 Å². The van der Waals surface area contributed by atoms with E-state index in [1.54, 1.807) is 45.5 Å². The Bertz CT molecular complexity index is 2910. The van der Waals surface area contributed by atoms with Crippen LogP contribution in [0.3, 0.4) is 0 Å². The van der Waals surface area contributed by atoms with Crippen LogP contribution in [0.5, 0.6) is 11.5 Å². The van der Waals surface area contributed by atoms with Crippen molar-refractivity contribution in [3.8, 4) is 11.5 Å². The van der Waals surface area contributed by atoms with Crippen molar-refractivity contribution in [3.05, 3.63) is 155 Å². The summed E-state index contributed by atoms with van der Waals surface area (Å²) in [5.41, 5.74) is 15.3. The molecule has 8 rings (SSSR count). The number of ether oxygens (including phenoxy) is 3. The molecule has 0 aliphatic rings. The van der Waals surface area contributed by atoms with Gasteiger partial charge in [0.1, 0.15) is 23.1 Å². The number of carbonyl (C=O) groups is 4. The number of esters is 1. The summed E-state index contributed by atoms with van der Waals surface area (Å²) >= 11 is 0. The molecule has 0 unspecified atom stereocenters. The zero-order valence-electron chi connectivity index (χ0n) is 31.5. The summed E-state index contributed by atoms with van der Waals surface area (Å²) in [6, 6.07) is 34.5. The highest BCUT2D eigenvalue weighted by atomic mass is 19.1. The minimum absolute atomic E-state index is 0.175. The lowest BCUT2D eigenvalue weighted by Crippen LogP contribution is -2.13. The van der Waals surface area contributed by atoms with Gasteiger partial charge in [-0.2, -0.15) is 0 Å². The Morgan fingerprint density at radius 1 is 0.559 bits per heavy atom. The average Bonchev–Trinajstić information content (AvgIpc) is 3.75. The number of rotatable bonds is 12. The summed E-state index contributed by atoms with van der Waals surface area (Å²) in [6.07, 6.45) is 0. The van der Waals surface area contributed by atoms with Crippen molar-refractivity contribution in [1.29, 1.82) is 0 Å². The molecule has 0 atom stereocenters. The number of carboxylic acid groups (broad SMARTS) is 1. The van der Waals surface area contributed by atoms with Gasteiger partial charge in [-0.25, -0.2) is 18.4 Å². The minimum Gasteiger partial charge on any atom is -0.481 e. The first-order valence-electron chi connectivity index (χ1n) is 18.2. The Morgan fingerprint density at radius 3 is 1.37 bits per heavy atom. The number of hydrogen-bond donors (Lipinski definition) is 3. The molecule has 2 aromatic heterocycles. The second-order valence-corrected chi connectivity index (χ2v) is 13.4. The first-order chi connectivity index (χ1) is 28.5. The molecule has 0 spiro atoms. The van der Waals surface area contributed by atoms with Crippen molar-refractivity contribution in [2.75, 3.05) is 20.3 Å². The first-order valence-corrected chi connectivity index (χ1v) is 18.2. The van der Waals surface area contributed by atoms with Gasteiger partial charge in [0, 0.05) is 35.0 Å². The van der Waals surface area contributed by atoms with Crippen LogP contribution in [0.25, 0.3) is 43.6 Å². The van der Waals surface area contributed by atoms with Gasteiger partial charge in [0.2, 0.25) is 11.8 Å². The fourth-order valence-electron chi connectivity index (χ4n) is 7.25. The van der Waals surface area contributed by atoms with E-state index >= 15 is 4.39 Å². The quantitative estimate of drug-likeness (QED) is 0.109. The number of nitrogens with zero attached hydrogens (tertiary/aromatic N) is 2. The minimum atomic E-state index is -1.16. The molecule has 0 fully saturated rings. The standard InChI is InChI=1S/C23H19FN2O4.C22H17FN2O4/c1-29-19(27)13-30-18-11-10-16(24)22-21(18)20-15(23(25)28)8-5-9-17(20)26(22)12-14-6-3-2-4-7-14;23-15-9-10-17(29-12-18(26)27)20-19-14(22(24)28)7-4-8-16(19)25(21(15)20)11-13-5-2-1-3-6-13/h2-11H,12-13H2,1H3,(H2,25,28);1-10H,11-12H2,(H2,24,28)(H,26,27). The predicted octanol–water partition coefficient (Wildman–Crippen LogP) is 7.18. The fourth-order valence-corrected chi connectivity index (χ4v) is 7.25. The molecular weight excluding hydrogens is 763 g/mol. The molecule has 2 amide bonds. The van der Waals surface area contributed by atoms with Crippen molar-refractivity contribution < 1.29 is 47.3 Å². The number of carboxylic acids is 1. The van der Waals surface area contributed by atoms with E-state index in [0.717, 1.165) is 11.1 Å². The molecule has 0 radical (unpaired) electrons. The molecule has 0 aliphatic carbocycles. The van der Waals surface area contributed by atoms with E-state index in [1.807, 2.05) is 60.7 Å². The molecule has 0 bridgehead atoms. The third-order valence-corrected chi connectivity index (χ3v) is 9.71. The van der Waals surface area contributed by atoms with Crippen molar-refractivity contribution in [2.45, 2.75) is 13.1 Å². The number of halogens is 2. The Hall–Kier alpha value is -7.74. The maximum atomic E-state index is 15.1. The zero-order chi connectivity index (χ0) is 41.8. The summed E-state index contributed by atoms with van der Waals surface area (Å²) in [5.74, 6) is -3.58. The molecule has 14 heteroatoms. The Kier molecular flexibility index (Phi) is 11.2. The maximum Gasteiger partial charge on any atom is 0.343 e. The summed E-state index contributed by atoms with van der Waals surface area (Å²) in [4.78, 5) is 46.8. The van der Waals surface area contributed by atoms with Gasteiger partial charge in [-0.15, -0.1) is 0 Å². The number of methoxy groups -OCH3 is 1. The lowest BCUT2D eigenvalue weighted by Gasteiger charge is -2.10. The van der Waals surface area contributed by atoms with Crippen molar-refractivity contribution in [2.24, 2.45) is 11.5 Å². The zero-order valence-corrected chi connectivity index (χ0v) is 31.5. The van der Waals surface area contributed by atoms with Crippen LogP contribution in [0.4, 0.5) is 8.78 Å². The molecule has 5 N–H and O–H groups in total. The summed E-state index contributed by atoms with van der Waals surface area (Å²) in [5, 5.41) is 10.6. The molecule has 8 aromatic rings. The van der Waals surface area contributed by atoms with Gasteiger partial charge in [-0.1, -0.05) is 72.8 Å². The highest BCUT2D eigenvalue weighted by Gasteiger charge is 2.24. The van der Waals surface area contributed by atoms with Crippen LogP contribution in [0.15, 0.2) is 121 Å². The fraction of sp³-hybridized carbons (Fsp3) is 0.111. The van der Waals surface area contributed by atoms with Gasteiger partial charge in [0.05, 0.1) is 39.9 Å². The SMILES string of the molecule is COC(=O)COc1ccc(F)c2c1c1c(C(N)=O)cccc1n2Cc1ccccc1.NC(=O)c1cccc2c1c1c(OCC(=O)O)ccc(F)c1n2Cc1ccccc1. The van der Waals surface area contributed by atoms with E-state index in [-0.39, 0.29) is 40.3 Å². The number of nitrogens with two attached hydrogens (primary N) is 2. The van der Waals surface area contributed by atoms with Crippen molar-refractivity contribution in [3.63, 3.8) is 0 Å². The second-order valence-electron chi connectivity index (χ2n) is 13.4. The number of carbonyl (C=O) groups excluding carboxylic acids is 3. The molecular formula is C45H36F2N4O8. The third-order valence-electron chi connectivity index (χ3n) is 9.71. The predicted molar refractivity (Wildman–Crippen MR) is 218 cm³/mol. The largest absolute Gasteiger partial charge is 0.481 e. The summed E-state index contributed by atoms with van der Waals surface area (Å²) in [7, 11) is 1.25. The van der Waals surface area contributed by atoms with Crippen molar-refractivity contribution >= 4 is 67.4 Å². The number of benzene rings is 6. The van der Waals surface area contributed by atoms with E-state index in [2.05, 4.69) is 4.74 Å². The van der Waals surface area contributed by atoms with Gasteiger partial charge in [-0.3, -0.25) is 9.59 Å². The van der Waals surface area contributed by atoms with E-state index in [4.69, 9.17) is 26.0 Å². The van der Waals surface area contributed by atoms with Crippen LogP contribution in [-0.2, 0) is 27.4 Å². The van der Waals surface area contributed by atoms with Crippen LogP contribution < -0.4 is 20.9 Å². The number of aliphatic carboxylic acids is 1. The number of amides is 2. The summed E-state index contributed by atoms with van der Waals surface area (Å²) < 4.78 is 49.3. The number of fused-ring (bicyclic) bond motifs is 6. The van der Waals surface area contributed by atoms with Crippen LogP contribution in [-0.4, -0.2) is 58.3 Å². The maximum absolute atomic E-state index is 15.1. The Balaban J connectivity index is 0.000000179. The van der Waals surface area contributed by atoms with Gasteiger partial charge in [-0.05, 0) is 59.7 Å². The third kappa shape index (κ3) is 7.83. The average molecular weight is 799 g/mol. The van der Waals surface area contributed by atoms with Crippen LogP contribution >= 0.6 is 0 Å². The van der Waals surface area contributed by atoms with E-state index < -0.39 is 42.0 Å². The van der Waals surface area contributed by atoms with Crippen LogP contribution in [0.1, 0.15) is 31.8 Å². The molecule has 0 saturated carbocycles. The number of aromatic nitrogens is 2. The molecule has 298 valence electrons. The topological polar surface area (TPSA) is 178 Å². The smallest absolute Gasteiger partial charge is 0.343 e. The lowest BCUT2D eigenvalue weighted by molar-refractivity contribution is -0.143. The molecule has 6 aromatic carbocycles. The number of hydrogen-bond acceptors (Lipinski definition) is 7. The van der Waals surface area contributed by atoms with Crippen LogP contribution in [0, 0.1) is 11.6 Å². The Morgan fingerprint density at radius 2 is 0.983 bits per heavy atom. The molecule has 2 heterocycles. The second kappa shape index (κ2) is 16.8. The molecule has 59 heavy (non-hydrogen) atoms. The molecule has 12 nitrogen and oxygen atoms in total. The normalized spacial score (nSPS) is 11.0. The van der Waals surface area contributed by atoms with Crippen molar-refractivity contribution in [1.82, 2.24) is 9.13 Å². The van der Waals surface area contributed by atoms with E-state index in [1.165, 1.54) is 31.4 Å². The van der Waals surface area contributed by atoms with E-state index in [9.17, 15) is 23.6 Å². The summed E-state index contributed by atoms with van der Waals surface area (Å²) in [6.45, 7) is -0.213. The number of primary amides is 2. The van der Waals surface area contributed by atoms with Gasteiger partial charge in [0.25, 0.3) is 0 Å². The highest BCUT2D eigenvalue weighted by Crippen LogP contribution is 2.41. The lowest BCUT2D eigenvalue weighted by atomic mass is 10.1. The highest BCUT2D eigenvalue weighted by molar-refractivity contribution is 6.21. The molecule has 0 aliphatic heterocycles. The van der Waals surface area contributed by atoms with Gasteiger partial charge in [0.15, 0.2) is 13.2 Å². The monoisotopic (exact) mass is 798 g/mol. The van der Waals surface area contributed by atoms with Crippen LogP contribution in [0.2, 0.25) is 0 Å². The van der Waals surface area contributed by atoms with Gasteiger partial charge < -0.3 is 39.9 Å². The Labute approximate surface area is 334 Å². The van der Waals surface area contributed by atoms with E-state index in [0.29, 0.717) is 45.7 Å². The first kappa shape index (κ1) is 39.5.